The summed E-state index contributed by atoms with van der Waals surface area (Å²) in [6.45, 7) is 2.63. The van der Waals surface area contributed by atoms with E-state index in [2.05, 4.69) is 10.2 Å². The SMILES string of the molecule is O=C(Cc1ccc([N+](=O)[O-])cc1)Nc1cccc(Cl)c1N1CCOCC1. The van der Waals surface area contributed by atoms with Crippen LogP contribution in [-0.2, 0) is 16.0 Å². The summed E-state index contributed by atoms with van der Waals surface area (Å²) in [6, 6.07) is 11.3. The third kappa shape index (κ3) is 4.30. The minimum atomic E-state index is -0.468. The fourth-order valence-corrected chi connectivity index (χ4v) is 3.13. The predicted molar refractivity (Wildman–Crippen MR) is 99.9 cm³/mol. The molecule has 0 atom stereocenters. The molecule has 1 fully saturated rings. The van der Waals surface area contributed by atoms with Crippen LogP contribution in [0.5, 0.6) is 0 Å². The first-order valence-electron chi connectivity index (χ1n) is 8.19. The lowest BCUT2D eigenvalue weighted by Crippen LogP contribution is -2.37. The molecule has 1 amide bonds. The van der Waals surface area contributed by atoms with E-state index >= 15 is 0 Å². The molecule has 3 rings (SSSR count). The minimum absolute atomic E-state index is 0.00129. The Bertz CT molecular complexity index is 805. The number of rotatable bonds is 5. The number of morpholine rings is 1. The van der Waals surface area contributed by atoms with Crippen LogP contribution in [0.2, 0.25) is 5.02 Å². The van der Waals surface area contributed by atoms with E-state index in [-0.39, 0.29) is 18.0 Å². The zero-order valence-electron chi connectivity index (χ0n) is 14.0. The summed E-state index contributed by atoms with van der Waals surface area (Å²) in [5, 5.41) is 14.2. The predicted octanol–water partition coefficient (Wildman–Crippen LogP) is 3.27. The van der Waals surface area contributed by atoms with Gasteiger partial charge < -0.3 is 15.0 Å². The fourth-order valence-electron chi connectivity index (χ4n) is 2.84. The van der Waals surface area contributed by atoms with Crippen molar-refractivity contribution < 1.29 is 14.5 Å². The first-order valence-corrected chi connectivity index (χ1v) is 8.57. The van der Waals surface area contributed by atoms with Crippen molar-refractivity contribution in [2.75, 3.05) is 36.5 Å². The maximum atomic E-state index is 12.4. The summed E-state index contributed by atoms with van der Waals surface area (Å²) in [7, 11) is 0. The second kappa shape index (κ2) is 8.16. The van der Waals surface area contributed by atoms with Crippen LogP contribution >= 0.6 is 11.6 Å². The lowest BCUT2D eigenvalue weighted by molar-refractivity contribution is -0.384. The number of carbonyl (C=O) groups excluding carboxylic acids is 1. The highest BCUT2D eigenvalue weighted by molar-refractivity contribution is 6.34. The van der Waals surface area contributed by atoms with Gasteiger partial charge in [-0.05, 0) is 17.7 Å². The molecule has 1 saturated heterocycles. The van der Waals surface area contributed by atoms with Crippen molar-refractivity contribution in [3.8, 4) is 0 Å². The van der Waals surface area contributed by atoms with Gasteiger partial charge in [-0.2, -0.15) is 0 Å². The van der Waals surface area contributed by atoms with Crippen LogP contribution in [-0.4, -0.2) is 37.1 Å². The molecule has 0 saturated carbocycles. The molecule has 0 aromatic heterocycles. The molecule has 0 unspecified atom stereocenters. The van der Waals surface area contributed by atoms with Crippen molar-refractivity contribution in [1.29, 1.82) is 0 Å². The molecule has 136 valence electrons. The minimum Gasteiger partial charge on any atom is -0.378 e. The van der Waals surface area contributed by atoms with Crippen LogP contribution < -0.4 is 10.2 Å². The quantitative estimate of drug-likeness (QED) is 0.640. The number of ether oxygens (including phenoxy) is 1. The van der Waals surface area contributed by atoms with Crippen molar-refractivity contribution in [1.82, 2.24) is 0 Å². The highest BCUT2D eigenvalue weighted by Gasteiger charge is 2.19. The molecular formula is C18H18ClN3O4. The van der Waals surface area contributed by atoms with E-state index in [1.165, 1.54) is 12.1 Å². The van der Waals surface area contributed by atoms with Crippen molar-refractivity contribution in [3.63, 3.8) is 0 Å². The lowest BCUT2D eigenvalue weighted by atomic mass is 10.1. The molecule has 2 aromatic carbocycles. The molecule has 0 spiro atoms. The number of amides is 1. The Morgan fingerprint density at radius 2 is 1.88 bits per heavy atom. The number of non-ortho nitro benzene ring substituents is 1. The highest BCUT2D eigenvalue weighted by Crippen LogP contribution is 2.34. The molecule has 8 heteroatoms. The number of hydrogen-bond donors (Lipinski definition) is 1. The maximum Gasteiger partial charge on any atom is 0.269 e. The normalized spacial score (nSPS) is 14.1. The van der Waals surface area contributed by atoms with Gasteiger partial charge in [0.05, 0.1) is 41.0 Å². The van der Waals surface area contributed by atoms with Crippen molar-refractivity contribution in [2.45, 2.75) is 6.42 Å². The Morgan fingerprint density at radius 3 is 2.54 bits per heavy atom. The Hall–Kier alpha value is -2.64. The number of benzene rings is 2. The van der Waals surface area contributed by atoms with Gasteiger partial charge >= 0.3 is 0 Å². The zero-order valence-corrected chi connectivity index (χ0v) is 14.7. The first-order chi connectivity index (χ1) is 12.5. The molecule has 7 nitrogen and oxygen atoms in total. The van der Waals surface area contributed by atoms with Crippen LogP contribution in [0.3, 0.4) is 0 Å². The summed E-state index contributed by atoms with van der Waals surface area (Å²) in [5.74, 6) is -0.212. The summed E-state index contributed by atoms with van der Waals surface area (Å²) in [4.78, 5) is 24.7. The van der Waals surface area contributed by atoms with E-state index < -0.39 is 4.92 Å². The van der Waals surface area contributed by atoms with Gasteiger partial charge in [-0.3, -0.25) is 14.9 Å². The van der Waals surface area contributed by atoms with Gasteiger partial charge in [0.15, 0.2) is 0 Å². The third-order valence-corrected chi connectivity index (χ3v) is 4.41. The number of carbonyl (C=O) groups is 1. The monoisotopic (exact) mass is 375 g/mol. The molecular weight excluding hydrogens is 358 g/mol. The molecule has 1 N–H and O–H groups in total. The third-order valence-electron chi connectivity index (χ3n) is 4.10. The van der Waals surface area contributed by atoms with E-state index in [0.29, 0.717) is 42.6 Å². The number of nitro benzene ring substituents is 1. The van der Waals surface area contributed by atoms with Crippen molar-refractivity contribution >= 4 is 34.6 Å². The number of halogens is 1. The number of para-hydroxylation sites is 1. The Kier molecular flexibility index (Phi) is 5.70. The highest BCUT2D eigenvalue weighted by atomic mass is 35.5. The van der Waals surface area contributed by atoms with E-state index in [4.69, 9.17) is 16.3 Å². The summed E-state index contributed by atoms with van der Waals surface area (Å²) in [5.41, 5.74) is 2.13. The standard InChI is InChI=1S/C18H18ClN3O4/c19-15-2-1-3-16(18(15)21-8-10-26-11-9-21)20-17(23)12-13-4-6-14(7-5-13)22(24)25/h1-7H,8-12H2,(H,20,23). The number of nitro groups is 1. The average molecular weight is 376 g/mol. The molecule has 1 aliphatic heterocycles. The zero-order chi connectivity index (χ0) is 18.5. The Balaban J connectivity index is 1.72. The van der Waals surface area contributed by atoms with Gasteiger partial charge in [0, 0.05) is 25.2 Å². The smallest absolute Gasteiger partial charge is 0.269 e. The largest absolute Gasteiger partial charge is 0.378 e. The molecule has 1 heterocycles. The number of nitrogens with zero attached hydrogens (tertiary/aromatic N) is 2. The number of hydrogen-bond acceptors (Lipinski definition) is 5. The van der Waals surface area contributed by atoms with Crippen molar-refractivity contribution in [2.24, 2.45) is 0 Å². The van der Waals surface area contributed by atoms with Gasteiger partial charge in [0.25, 0.3) is 5.69 Å². The number of anilines is 2. The lowest BCUT2D eigenvalue weighted by Gasteiger charge is -2.31. The topological polar surface area (TPSA) is 84.7 Å². The Labute approximate surface area is 155 Å². The van der Waals surface area contributed by atoms with Gasteiger partial charge in [-0.15, -0.1) is 0 Å². The molecule has 2 aromatic rings. The number of nitrogens with one attached hydrogen (secondary N) is 1. The molecule has 0 bridgehead atoms. The van der Waals surface area contributed by atoms with Crippen LogP contribution in [0, 0.1) is 10.1 Å². The van der Waals surface area contributed by atoms with Gasteiger partial charge in [0.2, 0.25) is 5.91 Å². The summed E-state index contributed by atoms with van der Waals surface area (Å²) < 4.78 is 5.37. The van der Waals surface area contributed by atoms with E-state index in [9.17, 15) is 14.9 Å². The first kappa shape index (κ1) is 18.2. The van der Waals surface area contributed by atoms with Crippen LogP contribution in [0.1, 0.15) is 5.56 Å². The second-order valence-corrected chi connectivity index (χ2v) is 6.29. The van der Waals surface area contributed by atoms with Crippen LogP contribution in [0.4, 0.5) is 17.1 Å². The molecule has 0 radical (unpaired) electrons. The summed E-state index contributed by atoms with van der Waals surface area (Å²) in [6.07, 6.45) is 0.118. The molecule has 0 aliphatic carbocycles. The van der Waals surface area contributed by atoms with Gasteiger partial charge in [-0.25, -0.2) is 0 Å². The van der Waals surface area contributed by atoms with E-state index in [1.807, 2.05) is 6.07 Å². The van der Waals surface area contributed by atoms with Crippen LogP contribution in [0.15, 0.2) is 42.5 Å². The van der Waals surface area contributed by atoms with Gasteiger partial charge in [0.1, 0.15) is 0 Å². The second-order valence-electron chi connectivity index (χ2n) is 5.88. The van der Waals surface area contributed by atoms with Crippen molar-refractivity contribution in [3.05, 3.63) is 63.2 Å². The summed E-state index contributed by atoms with van der Waals surface area (Å²) >= 11 is 6.36. The van der Waals surface area contributed by atoms with E-state index in [1.54, 1.807) is 24.3 Å². The van der Waals surface area contributed by atoms with E-state index in [0.717, 1.165) is 5.69 Å². The Morgan fingerprint density at radius 1 is 1.19 bits per heavy atom. The van der Waals surface area contributed by atoms with Gasteiger partial charge in [-0.1, -0.05) is 29.8 Å². The average Bonchev–Trinajstić information content (AvgIpc) is 2.63. The maximum absolute atomic E-state index is 12.4. The molecule has 26 heavy (non-hydrogen) atoms. The fraction of sp³-hybridized carbons (Fsp3) is 0.278. The molecule has 1 aliphatic rings. The van der Waals surface area contributed by atoms with Crippen LogP contribution in [0.25, 0.3) is 0 Å².